The van der Waals surface area contributed by atoms with Gasteiger partial charge in [-0.1, -0.05) is 28.1 Å². The van der Waals surface area contributed by atoms with Crippen molar-refractivity contribution in [3.05, 3.63) is 62.2 Å². The molecule has 0 radical (unpaired) electrons. The van der Waals surface area contributed by atoms with Crippen LogP contribution in [0.15, 0.2) is 51.0 Å². The van der Waals surface area contributed by atoms with Crippen LogP contribution in [-0.2, 0) is 11.4 Å². The minimum Gasteiger partial charge on any atom is -0.493 e. The molecule has 0 aromatic heterocycles. The predicted octanol–water partition coefficient (Wildman–Crippen LogP) is 4.32. The molecule has 0 bridgehead atoms. The van der Waals surface area contributed by atoms with Crippen molar-refractivity contribution in [3.63, 3.8) is 0 Å². The van der Waals surface area contributed by atoms with Crippen LogP contribution in [0.2, 0.25) is 0 Å². The maximum Gasteiger partial charge on any atom is 0.328 e. The first-order chi connectivity index (χ1) is 12.9. The largest absolute Gasteiger partial charge is 0.493 e. The Kier molecular flexibility index (Phi) is 5.86. The Morgan fingerprint density at radius 1 is 1.15 bits per heavy atom. The Balaban J connectivity index is 1.84. The summed E-state index contributed by atoms with van der Waals surface area (Å²) < 4.78 is 13.0. The minimum atomic E-state index is -0.452. The van der Waals surface area contributed by atoms with E-state index in [1.807, 2.05) is 24.3 Å². The quantitative estimate of drug-likeness (QED) is 0.495. The van der Waals surface area contributed by atoms with E-state index >= 15 is 0 Å². The number of likely N-dealkylation sites (N-methyl/N-ethyl adjacent to an activating group) is 1. The maximum absolute atomic E-state index is 12.0. The lowest BCUT2D eigenvalue weighted by atomic mass is 10.1. The van der Waals surface area contributed by atoms with E-state index in [2.05, 4.69) is 37.2 Å². The van der Waals surface area contributed by atoms with Crippen molar-refractivity contribution in [3.8, 4) is 11.5 Å². The van der Waals surface area contributed by atoms with Crippen LogP contribution in [0.1, 0.15) is 11.1 Å². The molecule has 0 aliphatic carbocycles. The highest BCUT2D eigenvalue weighted by Crippen LogP contribution is 2.38. The summed E-state index contributed by atoms with van der Waals surface area (Å²) in [7, 11) is 2.97. The SMILES string of the molecule is COc1cc(/C=C2/NC(=O)N(C)C2=O)cc(Br)c1OCc1ccc(Br)cc1. The minimum absolute atomic E-state index is 0.208. The van der Waals surface area contributed by atoms with Gasteiger partial charge >= 0.3 is 6.03 Å². The van der Waals surface area contributed by atoms with Gasteiger partial charge in [0.05, 0.1) is 11.6 Å². The number of carbonyl (C=O) groups is 2. The summed E-state index contributed by atoms with van der Waals surface area (Å²) in [6, 6.07) is 10.9. The molecule has 1 N–H and O–H groups in total. The molecule has 0 saturated carbocycles. The van der Waals surface area contributed by atoms with Crippen LogP contribution in [-0.4, -0.2) is 31.0 Å². The fourth-order valence-electron chi connectivity index (χ4n) is 2.49. The van der Waals surface area contributed by atoms with Gasteiger partial charge in [-0.15, -0.1) is 0 Å². The van der Waals surface area contributed by atoms with Crippen LogP contribution >= 0.6 is 31.9 Å². The van der Waals surface area contributed by atoms with E-state index in [1.165, 1.54) is 7.05 Å². The number of carbonyl (C=O) groups excluding carboxylic acids is 2. The second-order valence-corrected chi connectivity index (χ2v) is 7.57. The molecule has 2 aromatic carbocycles. The van der Waals surface area contributed by atoms with E-state index in [9.17, 15) is 9.59 Å². The van der Waals surface area contributed by atoms with E-state index < -0.39 is 6.03 Å². The molecular formula is C19H16Br2N2O4. The second kappa shape index (κ2) is 8.14. The fourth-order valence-corrected chi connectivity index (χ4v) is 3.33. The number of imide groups is 1. The van der Waals surface area contributed by atoms with Gasteiger partial charge in [-0.05, 0) is 57.4 Å². The third kappa shape index (κ3) is 4.33. The zero-order chi connectivity index (χ0) is 19.6. The monoisotopic (exact) mass is 494 g/mol. The summed E-state index contributed by atoms with van der Waals surface area (Å²) in [4.78, 5) is 24.6. The van der Waals surface area contributed by atoms with Crippen molar-refractivity contribution < 1.29 is 19.1 Å². The molecule has 6 nitrogen and oxygen atoms in total. The number of hydrogen-bond acceptors (Lipinski definition) is 4. The van der Waals surface area contributed by atoms with E-state index in [4.69, 9.17) is 9.47 Å². The van der Waals surface area contributed by atoms with Gasteiger partial charge in [0, 0.05) is 11.5 Å². The van der Waals surface area contributed by atoms with E-state index in [-0.39, 0.29) is 11.6 Å². The van der Waals surface area contributed by atoms with E-state index in [0.717, 1.165) is 14.9 Å². The number of halogens is 2. The average molecular weight is 496 g/mol. The highest BCUT2D eigenvalue weighted by Gasteiger charge is 2.30. The summed E-state index contributed by atoms with van der Waals surface area (Å²) >= 11 is 6.89. The highest BCUT2D eigenvalue weighted by atomic mass is 79.9. The van der Waals surface area contributed by atoms with Gasteiger partial charge in [-0.2, -0.15) is 0 Å². The van der Waals surface area contributed by atoms with Gasteiger partial charge in [0.15, 0.2) is 11.5 Å². The highest BCUT2D eigenvalue weighted by molar-refractivity contribution is 9.10. The predicted molar refractivity (Wildman–Crippen MR) is 108 cm³/mol. The van der Waals surface area contributed by atoms with Gasteiger partial charge < -0.3 is 14.8 Å². The first-order valence-corrected chi connectivity index (χ1v) is 9.53. The summed E-state index contributed by atoms with van der Waals surface area (Å²) in [5, 5.41) is 2.53. The maximum atomic E-state index is 12.0. The Bertz CT molecular complexity index is 926. The molecule has 27 heavy (non-hydrogen) atoms. The number of ether oxygens (including phenoxy) is 2. The molecule has 8 heteroatoms. The van der Waals surface area contributed by atoms with Gasteiger partial charge in [-0.25, -0.2) is 4.79 Å². The molecule has 140 valence electrons. The number of benzene rings is 2. The van der Waals surface area contributed by atoms with Gasteiger partial charge in [0.25, 0.3) is 5.91 Å². The number of hydrogen-bond donors (Lipinski definition) is 1. The lowest BCUT2D eigenvalue weighted by Crippen LogP contribution is -2.25. The third-order valence-electron chi connectivity index (χ3n) is 3.94. The van der Waals surface area contributed by atoms with Crippen molar-refractivity contribution in [1.29, 1.82) is 0 Å². The summed E-state index contributed by atoms with van der Waals surface area (Å²) in [5.41, 5.74) is 1.91. The van der Waals surface area contributed by atoms with Crippen LogP contribution in [0.4, 0.5) is 4.79 Å². The molecule has 1 saturated heterocycles. The second-order valence-electron chi connectivity index (χ2n) is 5.80. The zero-order valence-electron chi connectivity index (χ0n) is 14.6. The van der Waals surface area contributed by atoms with Crippen LogP contribution in [0.25, 0.3) is 6.08 Å². The molecule has 0 atom stereocenters. The number of urea groups is 1. The number of nitrogens with zero attached hydrogens (tertiary/aromatic N) is 1. The molecule has 2 aromatic rings. The van der Waals surface area contributed by atoms with Crippen LogP contribution in [0.3, 0.4) is 0 Å². The molecule has 1 aliphatic heterocycles. The van der Waals surface area contributed by atoms with Crippen molar-refractivity contribution in [1.82, 2.24) is 10.2 Å². The van der Waals surface area contributed by atoms with E-state index in [1.54, 1.807) is 25.3 Å². The van der Waals surface area contributed by atoms with Crippen molar-refractivity contribution in [2.24, 2.45) is 0 Å². The molecule has 1 heterocycles. The normalized spacial score (nSPS) is 15.3. The van der Waals surface area contributed by atoms with Crippen LogP contribution in [0.5, 0.6) is 11.5 Å². The van der Waals surface area contributed by atoms with Crippen LogP contribution in [0, 0.1) is 0 Å². The first kappa shape index (κ1) is 19.4. The van der Waals surface area contributed by atoms with Crippen molar-refractivity contribution in [2.45, 2.75) is 6.61 Å². The third-order valence-corrected chi connectivity index (χ3v) is 5.06. The molecule has 3 rings (SSSR count). The molecule has 3 amide bonds. The van der Waals surface area contributed by atoms with Crippen LogP contribution < -0.4 is 14.8 Å². The molecule has 0 spiro atoms. The van der Waals surface area contributed by atoms with E-state index in [0.29, 0.717) is 28.1 Å². The zero-order valence-corrected chi connectivity index (χ0v) is 17.8. The fraction of sp³-hybridized carbons (Fsp3) is 0.158. The summed E-state index contributed by atoms with van der Waals surface area (Å²) in [6.07, 6.45) is 1.59. The van der Waals surface area contributed by atoms with Gasteiger partial charge in [0.2, 0.25) is 0 Å². The summed E-state index contributed by atoms with van der Waals surface area (Å²) in [6.45, 7) is 0.377. The Labute approximate surface area is 173 Å². The Morgan fingerprint density at radius 2 is 1.85 bits per heavy atom. The van der Waals surface area contributed by atoms with Gasteiger partial charge in [0.1, 0.15) is 12.3 Å². The molecular weight excluding hydrogens is 480 g/mol. The number of rotatable bonds is 5. The van der Waals surface area contributed by atoms with Crippen molar-refractivity contribution >= 4 is 49.9 Å². The smallest absolute Gasteiger partial charge is 0.328 e. The van der Waals surface area contributed by atoms with Crippen molar-refractivity contribution in [2.75, 3.05) is 14.2 Å². The molecule has 0 unspecified atom stereocenters. The number of methoxy groups -OCH3 is 1. The first-order valence-electron chi connectivity index (χ1n) is 7.94. The number of amides is 3. The van der Waals surface area contributed by atoms with Gasteiger partial charge in [-0.3, -0.25) is 9.69 Å². The summed E-state index contributed by atoms with van der Waals surface area (Å²) in [5.74, 6) is 0.686. The Hall–Kier alpha value is -2.32. The average Bonchev–Trinajstić information content (AvgIpc) is 2.88. The lowest BCUT2D eigenvalue weighted by Gasteiger charge is -2.14. The Morgan fingerprint density at radius 3 is 2.44 bits per heavy atom. The molecule has 1 fully saturated rings. The number of nitrogens with one attached hydrogen (secondary N) is 1. The topological polar surface area (TPSA) is 67.9 Å². The lowest BCUT2D eigenvalue weighted by molar-refractivity contribution is -0.121. The standard InChI is InChI=1S/C19H16Br2N2O4/c1-23-18(24)15(22-19(23)25)8-12-7-14(21)17(16(9-12)26-2)27-10-11-3-5-13(20)6-4-11/h3-9H,10H2,1-2H3,(H,22,25)/b15-8+. The molecule has 1 aliphatic rings.